The van der Waals surface area contributed by atoms with Gasteiger partial charge in [-0.2, -0.15) is 0 Å². The van der Waals surface area contributed by atoms with E-state index in [0.29, 0.717) is 48.5 Å². The molecule has 0 saturated heterocycles. The average molecular weight is 505 g/mol. The number of carbonyl (C=O) groups is 2. The Kier molecular flexibility index (Phi) is 6.46. The summed E-state index contributed by atoms with van der Waals surface area (Å²) in [5, 5.41) is 8.68. The van der Waals surface area contributed by atoms with E-state index in [9.17, 15) is 9.59 Å². The number of carbonyl (C=O) groups excluding carboxylic acids is 2. The van der Waals surface area contributed by atoms with Crippen molar-refractivity contribution in [2.75, 3.05) is 31.6 Å². The van der Waals surface area contributed by atoms with Crippen LogP contribution in [0.1, 0.15) is 85.7 Å². The number of Topliss-reactive ketones (excluding diaryl/α,β-unsaturated/α-hetero) is 1. The topological polar surface area (TPSA) is 95.8 Å². The molecule has 2 aliphatic heterocycles. The van der Waals surface area contributed by atoms with Crippen LogP contribution in [-0.4, -0.2) is 60.3 Å². The summed E-state index contributed by atoms with van der Waals surface area (Å²) >= 11 is 0. The van der Waals surface area contributed by atoms with Gasteiger partial charge in [-0.25, -0.2) is 4.98 Å². The van der Waals surface area contributed by atoms with Gasteiger partial charge in [-0.1, -0.05) is 26.8 Å². The van der Waals surface area contributed by atoms with Gasteiger partial charge in [0.25, 0.3) is 0 Å². The van der Waals surface area contributed by atoms with Gasteiger partial charge in [-0.15, -0.1) is 0 Å². The molecule has 0 bridgehead atoms. The summed E-state index contributed by atoms with van der Waals surface area (Å²) in [5.41, 5.74) is 4.84. The molecule has 1 aliphatic carbocycles. The number of ether oxygens (including phenoxy) is 2. The number of benzene rings is 1. The van der Waals surface area contributed by atoms with Crippen molar-refractivity contribution in [1.82, 2.24) is 9.88 Å². The van der Waals surface area contributed by atoms with Gasteiger partial charge in [0.1, 0.15) is 23.4 Å². The molecule has 0 radical (unpaired) electrons. The van der Waals surface area contributed by atoms with Crippen molar-refractivity contribution in [2.45, 2.75) is 70.9 Å². The van der Waals surface area contributed by atoms with Crippen LogP contribution >= 0.6 is 0 Å². The first-order valence-corrected chi connectivity index (χ1v) is 13.1. The average Bonchev–Trinajstić information content (AvgIpc) is 3.63. The Hall–Kier alpha value is -3.42. The Balaban J connectivity index is 1.38. The van der Waals surface area contributed by atoms with Crippen molar-refractivity contribution in [3.05, 3.63) is 52.3 Å². The van der Waals surface area contributed by atoms with Crippen LogP contribution in [0.2, 0.25) is 0 Å². The molecule has 1 atom stereocenters. The smallest absolute Gasteiger partial charge is 0.309 e. The molecule has 0 amide bonds. The minimum Gasteiger partial charge on any atom is -0.485 e. The molecule has 3 aliphatic rings. The van der Waals surface area contributed by atoms with Gasteiger partial charge in [-0.05, 0) is 43.4 Å². The number of fused-ring (bicyclic) bond motifs is 2. The zero-order valence-electron chi connectivity index (χ0n) is 22.4. The number of nitrogens with one attached hydrogen (secondary N) is 1. The molecule has 0 spiro atoms. The highest BCUT2D eigenvalue weighted by molar-refractivity contribution is 6.05. The van der Waals surface area contributed by atoms with Crippen LogP contribution in [0.3, 0.4) is 0 Å². The lowest BCUT2D eigenvalue weighted by atomic mass is 9.83. The molecular weight excluding hydrogens is 468 g/mol. The summed E-state index contributed by atoms with van der Waals surface area (Å²) in [6, 6.07) is 7.92. The maximum atomic E-state index is 13.6. The van der Waals surface area contributed by atoms with Gasteiger partial charge in [0.15, 0.2) is 5.78 Å². The van der Waals surface area contributed by atoms with E-state index < -0.39 is 0 Å². The molecule has 1 aromatic carbocycles. The Morgan fingerprint density at radius 1 is 1.22 bits per heavy atom. The van der Waals surface area contributed by atoms with Gasteiger partial charge in [0, 0.05) is 41.9 Å². The summed E-state index contributed by atoms with van der Waals surface area (Å²) < 4.78 is 11.5. The Morgan fingerprint density at radius 2 is 1.97 bits per heavy atom. The molecule has 5 rings (SSSR count). The number of pyridine rings is 1. The molecule has 1 unspecified atom stereocenters. The molecule has 1 fully saturated rings. The van der Waals surface area contributed by atoms with Crippen molar-refractivity contribution < 1.29 is 19.1 Å². The van der Waals surface area contributed by atoms with Crippen molar-refractivity contribution in [1.29, 1.82) is 5.41 Å². The van der Waals surface area contributed by atoms with E-state index in [1.165, 1.54) is 0 Å². The number of hydrogen-bond acceptors (Lipinski definition) is 7. The minimum absolute atomic E-state index is 0.0460. The van der Waals surface area contributed by atoms with Crippen LogP contribution in [0.25, 0.3) is 0 Å². The van der Waals surface area contributed by atoms with E-state index in [1.54, 1.807) is 6.92 Å². The van der Waals surface area contributed by atoms with Gasteiger partial charge in [0.05, 0.1) is 31.8 Å². The number of aromatic nitrogens is 1. The normalized spacial score (nSPS) is 18.8. The van der Waals surface area contributed by atoms with E-state index in [0.717, 1.165) is 35.3 Å². The van der Waals surface area contributed by atoms with Gasteiger partial charge < -0.3 is 19.3 Å². The highest BCUT2D eigenvalue weighted by Crippen LogP contribution is 2.43. The summed E-state index contributed by atoms with van der Waals surface area (Å²) in [5.74, 6) is 1.24. The zero-order valence-corrected chi connectivity index (χ0v) is 22.4. The fraction of sp³-hybridized carbons (Fsp3) is 0.517. The lowest BCUT2D eigenvalue weighted by Gasteiger charge is -2.37. The van der Waals surface area contributed by atoms with E-state index >= 15 is 0 Å². The van der Waals surface area contributed by atoms with Crippen molar-refractivity contribution in [3.8, 4) is 5.75 Å². The van der Waals surface area contributed by atoms with Gasteiger partial charge in [-0.3, -0.25) is 15.0 Å². The van der Waals surface area contributed by atoms with Gasteiger partial charge >= 0.3 is 5.97 Å². The van der Waals surface area contributed by atoms with E-state index in [1.807, 2.05) is 29.0 Å². The highest BCUT2D eigenvalue weighted by atomic mass is 16.5. The fourth-order valence-electron chi connectivity index (χ4n) is 5.13. The van der Waals surface area contributed by atoms with Crippen molar-refractivity contribution >= 4 is 23.3 Å². The number of rotatable bonds is 7. The predicted octanol–water partition coefficient (Wildman–Crippen LogP) is 4.43. The SMILES string of the molecule is CCOC(=O)CC1CN(C)c2cc(C(=O)CN3Cc4ccc(C5CC5)nc4C3=N)cc(C(C)(C)C)c2O1. The number of esters is 1. The standard InChI is InChI=1S/C29H36N4O4/c1-6-36-25(35)13-20-15-32(5)23-12-19(11-21(27(23)37-20)29(2,3)4)24(34)16-33-14-18-9-10-22(17-7-8-17)31-26(18)28(33)30/h9-12,17,20,30H,6-8,13-16H2,1-5H3. The second-order valence-electron chi connectivity index (χ2n) is 11.4. The maximum absolute atomic E-state index is 13.6. The van der Waals surface area contributed by atoms with Crippen LogP contribution < -0.4 is 9.64 Å². The zero-order chi connectivity index (χ0) is 26.5. The van der Waals surface area contributed by atoms with Crippen LogP contribution in [0, 0.1) is 5.41 Å². The molecule has 8 nitrogen and oxygen atoms in total. The van der Waals surface area contributed by atoms with E-state index in [2.05, 4.69) is 32.9 Å². The van der Waals surface area contributed by atoms with Crippen LogP contribution in [-0.2, 0) is 21.5 Å². The first-order valence-electron chi connectivity index (χ1n) is 13.1. The van der Waals surface area contributed by atoms with Crippen molar-refractivity contribution in [2.24, 2.45) is 0 Å². The maximum Gasteiger partial charge on any atom is 0.309 e. The second-order valence-corrected chi connectivity index (χ2v) is 11.4. The minimum atomic E-state index is -0.323. The summed E-state index contributed by atoms with van der Waals surface area (Å²) in [4.78, 5) is 34.2. The lowest BCUT2D eigenvalue weighted by molar-refractivity contribution is -0.144. The summed E-state index contributed by atoms with van der Waals surface area (Å²) in [7, 11) is 1.95. The number of nitrogens with zero attached hydrogens (tertiary/aromatic N) is 3. The second kappa shape index (κ2) is 9.47. The molecular formula is C29H36N4O4. The van der Waals surface area contributed by atoms with Crippen molar-refractivity contribution in [3.63, 3.8) is 0 Å². The summed E-state index contributed by atoms with van der Waals surface area (Å²) in [6.45, 7) is 9.56. The molecule has 3 heterocycles. The predicted molar refractivity (Wildman–Crippen MR) is 142 cm³/mol. The number of anilines is 1. The number of ketones is 1. The van der Waals surface area contributed by atoms with Gasteiger partial charge in [0.2, 0.25) is 0 Å². The Labute approximate surface area is 218 Å². The third-order valence-electron chi connectivity index (χ3n) is 7.30. The van der Waals surface area contributed by atoms with Crippen LogP contribution in [0.5, 0.6) is 5.75 Å². The summed E-state index contributed by atoms with van der Waals surface area (Å²) in [6.07, 6.45) is 2.18. The fourth-order valence-corrected chi connectivity index (χ4v) is 5.13. The first-order chi connectivity index (χ1) is 17.5. The molecule has 1 aromatic heterocycles. The third kappa shape index (κ3) is 5.06. The lowest BCUT2D eigenvalue weighted by Crippen LogP contribution is -2.40. The highest BCUT2D eigenvalue weighted by Gasteiger charge is 2.34. The van der Waals surface area contributed by atoms with Crippen LogP contribution in [0.4, 0.5) is 5.69 Å². The quantitative estimate of drug-likeness (QED) is 0.440. The van der Waals surface area contributed by atoms with E-state index in [-0.39, 0.29) is 36.2 Å². The molecule has 196 valence electrons. The molecule has 1 N–H and O–H groups in total. The molecule has 37 heavy (non-hydrogen) atoms. The van der Waals surface area contributed by atoms with Crippen LogP contribution in [0.15, 0.2) is 24.3 Å². The molecule has 2 aromatic rings. The molecule has 8 heteroatoms. The number of likely N-dealkylation sites (N-methyl/N-ethyl adjacent to an activating group) is 1. The molecule has 1 saturated carbocycles. The Morgan fingerprint density at radius 3 is 2.65 bits per heavy atom. The number of amidine groups is 1. The largest absolute Gasteiger partial charge is 0.485 e. The first kappa shape index (κ1) is 25.2. The monoisotopic (exact) mass is 504 g/mol. The Bertz CT molecular complexity index is 1260. The third-order valence-corrected chi connectivity index (χ3v) is 7.30. The van der Waals surface area contributed by atoms with E-state index in [4.69, 9.17) is 19.9 Å². The number of hydrogen-bond donors (Lipinski definition) is 1.